The lowest BCUT2D eigenvalue weighted by Gasteiger charge is -2.39. The number of alkyl halides is 6. The highest BCUT2D eigenvalue weighted by Gasteiger charge is 2.43. The molecule has 3 aromatic carbocycles. The number of nitrogens with one attached hydrogen (secondary N) is 1. The highest BCUT2D eigenvalue weighted by molar-refractivity contribution is 7.91. The number of nitrogens with zero attached hydrogens (tertiary/aromatic N) is 3. The first-order chi connectivity index (χ1) is 24.0. The summed E-state index contributed by atoms with van der Waals surface area (Å²) in [7, 11) is -4.02. The van der Waals surface area contributed by atoms with Crippen LogP contribution in [-0.2, 0) is 22.6 Å². The predicted molar refractivity (Wildman–Crippen MR) is 182 cm³/mol. The summed E-state index contributed by atoms with van der Waals surface area (Å²) in [6.45, 7) is 4.29. The number of sulfone groups is 1. The van der Waals surface area contributed by atoms with Crippen LogP contribution in [0.15, 0.2) is 77.7 Å². The largest absolute Gasteiger partial charge is 0.416 e. The smallest absolute Gasteiger partial charge is 0.337 e. The van der Waals surface area contributed by atoms with Gasteiger partial charge in [0, 0.05) is 41.4 Å². The van der Waals surface area contributed by atoms with Gasteiger partial charge in [0.2, 0.25) is 0 Å². The minimum atomic E-state index is -4.92. The molecule has 2 aliphatic heterocycles. The van der Waals surface area contributed by atoms with Gasteiger partial charge >= 0.3 is 12.4 Å². The zero-order chi connectivity index (χ0) is 36.7. The van der Waals surface area contributed by atoms with Crippen LogP contribution in [0.2, 0.25) is 0 Å². The first-order valence-electron chi connectivity index (χ1n) is 16.8. The average molecular weight is 733 g/mol. The molecule has 2 saturated heterocycles. The number of amides is 1. The van der Waals surface area contributed by atoms with Gasteiger partial charge in [-0.05, 0) is 76.0 Å². The summed E-state index contributed by atoms with van der Waals surface area (Å²) in [5, 5.41) is 2.10. The van der Waals surface area contributed by atoms with Crippen molar-refractivity contribution in [2.75, 3.05) is 25.9 Å². The highest BCUT2D eigenvalue weighted by Crippen LogP contribution is 2.39. The molecule has 1 N–H and O–H groups in total. The molecule has 0 saturated carbocycles. The lowest BCUT2D eigenvalue weighted by molar-refractivity contribution is -0.155. The van der Waals surface area contributed by atoms with Gasteiger partial charge in [-0.15, -0.1) is 0 Å². The summed E-state index contributed by atoms with van der Waals surface area (Å²) in [5.41, 5.74) is -1.82. The number of likely N-dealkylation sites (tertiary alicyclic amines) is 2. The van der Waals surface area contributed by atoms with Crippen LogP contribution in [0.25, 0.3) is 22.2 Å². The van der Waals surface area contributed by atoms with Gasteiger partial charge in [-0.25, -0.2) is 13.4 Å². The number of hydrogen-bond acceptors (Lipinski definition) is 6. The molecule has 0 aliphatic carbocycles. The van der Waals surface area contributed by atoms with Crippen molar-refractivity contribution in [3.8, 4) is 11.3 Å². The second-order valence-corrected chi connectivity index (χ2v) is 15.4. The molecule has 0 spiro atoms. The van der Waals surface area contributed by atoms with Gasteiger partial charge < -0.3 is 5.32 Å². The molecule has 3 heterocycles. The fourth-order valence-corrected chi connectivity index (χ4v) is 8.26. The van der Waals surface area contributed by atoms with Gasteiger partial charge in [-0.3, -0.25) is 14.6 Å². The Labute approximate surface area is 292 Å². The quantitative estimate of drug-likeness (QED) is 0.186. The summed E-state index contributed by atoms with van der Waals surface area (Å²) >= 11 is 0. The maximum Gasteiger partial charge on any atom is 0.416 e. The van der Waals surface area contributed by atoms with Crippen LogP contribution < -0.4 is 5.32 Å². The predicted octanol–water partition coefficient (Wildman–Crippen LogP) is 7.81. The Balaban J connectivity index is 1.54. The molecule has 272 valence electrons. The van der Waals surface area contributed by atoms with Gasteiger partial charge in [-0.2, -0.15) is 26.3 Å². The minimum Gasteiger partial charge on any atom is -0.337 e. The van der Waals surface area contributed by atoms with Crippen LogP contribution in [0.1, 0.15) is 65.7 Å². The summed E-state index contributed by atoms with van der Waals surface area (Å²) < 4.78 is 112. The molecule has 0 unspecified atom stereocenters. The van der Waals surface area contributed by atoms with E-state index in [1.165, 1.54) is 60.7 Å². The maximum absolute atomic E-state index is 14.6. The number of halogens is 6. The van der Waals surface area contributed by atoms with E-state index in [0.717, 1.165) is 50.6 Å². The van der Waals surface area contributed by atoms with Gasteiger partial charge in [0.05, 0.1) is 27.2 Å². The van der Waals surface area contributed by atoms with Gasteiger partial charge in [-0.1, -0.05) is 54.6 Å². The standard InChI is InChI=1S/C37H38F6N4O3S/c1-23-9-8-18-47(23)27-16-19-46(20-17-27)22-29-31(35(48)45-34(37(41,42)43)24-10-4-3-5-11-24)28-14-7-15-30(51(2,49)50)33(28)44-32(29)25-12-6-13-26(21-25)36(38,39)40/h3-7,10-15,21,23,27,34H,8-9,16-20,22H2,1-2H3,(H,45,48)/t23-,34+/m0/s1. The Morgan fingerprint density at radius 3 is 2.22 bits per heavy atom. The van der Waals surface area contributed by atoms with E-state index < -0.39 is 39.7 Å². The normalized spacial score (nSPS) is 19.0. The summed E-state index contributed by atoms with van der Waals surface area (Å²) in [5.74, 6) is -1.16. The van der Waals surface area contributed by atoms with E-state index in [0.29, 0.717) is 25.2 Å². The van der Waals surface area contributed by atoms with E-state index in [4.69, 9.17) is 0 Å². The zero-order valence-electron chi connectivity index (χ0n) is 28.1. The van der Waals surface area contributed by atoms with Gasteiger partial charge in [0.1, 0.15) is 0 Å². The topological polar surface area (TPSA) is 82.6 Å². The number of carbonyl (C=O) groups excluding carboxylic acids is 1. The van der Waals surface area contributed by atoms with E-state index in [1.54, 1.807) is 0 Å². The molecule has 7 nitrogen and oxygen atoms in total. The second-order valence-electron chi connectivity index (χ2n) is 13.4. The number of piperidine rings is 1. The third-order valence-corrected chi connectivity index (χ3v) is 11.0. The Hall–Kier alpha value is -4.01. The monoisotopic (exact) mass is 732 g/mol. The third kappa shape index (κ3) is 7.92. The van der Waals surface area contributed by atoms with E-state index >= 15 is 0 Å². The molecule has 51 heavy (non-hydrogen) atoms. The Morgan fingerprint density at radius 2 is 1.61 bits per heavy atom. The van der Waals surface area contributed by atoms with Crippen molar-refractivity contribution >= 4 is 26.6 Å². The van der Waals surface area contributed by atoms with Crippen molar-refractivity contribution in [2.45, 2.75) is 74.5 Å². The fourth-order valence-electron chi connectivity index (χ4n) is 7.43. The molecule has 2 atom stereocenters. The van der Waals surface area contributed by atoms with E-state index in [9.17, 15) is 39.6 Å². The van der Waals surface area contributed by atoms with Crippen molar-refractivity contribution < 1.29 is 39.6 Å². The Kier molecular flexibility index (Phi) is 10.2. The van der Waals surface area contributed by atoms with Crippen molar-refractivity contribution in [1.82, 2.24) is 20.1 Å². The first kappa shape index (κ1) is 36.8. The molecule has 4 aromatic rings. The van der Waals surface area contributed by atoms with Gasteiger partial charge in [0.15, 0.2) is 15.9 Å². The van der Waals surface area contributed by atoms with E-state index in [1.807, 2.05) is 4.90 Å². The summed E-state index contributed by atoms with van der Waals surface area (Å²) in [6, 6.07) is 13.4. The third-order valence-electron chi connectivity index (χ3n) is 9.92. The molecule has 0 bridgehead atoms. The molecule has 1 amide bonds. The zero-order valence-corrected chi connectivity index (χ0v) is 28.9. The fraction of sp³-hybridized carbons (Fsp3) is 0.405. The summed E-state index contributed by atoms with van der Waals surface area (Å²) in [6.07, 6.45) is -4.95. The highest BCUT2D eigenvalue weighted by atomic mass is 32.2. The number of benzene rings is 3. The molecule has 14 heteroatoms. The van der Waals surface area contributed by atoms with E-state index in [2.05, 4.69) is 22.1 Å². The van der Waals surface area contributed by atoms with Crippen LogP contribution in [-0.4, -0.2) is 73.3 Å². The number of carbonyl (C=O) groups is 1. The number of aromatic nitrogens is 1. The molecular formula is C37H38F6N4O3S. The van der Waals surface area contributed by atoms with E-state index in [-0.39, 0.29) is 50.3 Å². The number of rotatable bonds is 8. The van der Waals surface area contributed by atoms with Crippen LogP contribution in [0, 0.1) is 0 Å². The summed E-state index contributed by atoms with van der Waals surface area (Å²) in [4.78, 5) is 23.2. The Morgan fingerprint density at radius 1 is 0.922 bits per heavy atom. The Bertz CT molecular complexity index is 2010. The number of hydrogen-bond donors (Lipinski definition) is 1. The molecule has 6 rings (SSSR count). The lowest BCUT2D eigenvalue weighted by Crippen LogP contribution is -2.46. The van der Waals surface area contributed by atoms with Gasteiger partial charge in [0.25, 0.3) is 5.91 Å². The first-order valence-corrected chi connectivity index (χ1v) is 18.7. The molecular weight excluding hydrogens is 694 g/mol. The van der Waals surface area contributed by atoms with Crippen LogP contribution in [0.5, 0.6) is 0 Å². The minimum absolute atomic E-state index is 0.0231. The van der Waals surface area contributed by atoms with Crippen LogP contribution >= 0.6 is 0 Å². The molecule has 2 fully saturated rings. The van der Waals surface area contributed by atoms with Crippen molar-refractivity contribution in [3.05, 3.63) is 95.1 Å². The van der Waals surface area contributed by atoms with Crippen molar-refractivity contribution in [3.63, 3.8) is 0 Å². The molecule has 1 aromatic heterocycles. The molecule has 2 aliphatic rings. The molecule has 0 radical (unpaired) electrons. The van der Waals surface area contributed by atoms with Crippen molar-refractivity contribution in [2.24, 2.45) is 0 Å². The number of pyridine rings is 1. The average Bonchev–Trinajstić information content (AvgIpc) is 3.51. The lowest BCUT2D eigenvalue weighted by atomic mass is 9.93. The second kappa shape index (κ2) is 14.2. The van der Waals surface area contributed by atoms with Crippen LogP contribution in [0.3, 0.4) is 0 Å². The number of para-hydroxylation sites is 1. The SMILES string of the molecule is C[C@H]1CCCN1C1CCN(Cc2c(-c3cccc(C(F)(F)F)c3)nc3c(S(C)(=O)=O)cccc3c2C(=O)N[C@H](c2ccccc2)C(F)(F)F)CC1. The maximum atomic E-state index is 14.6. The van der Waals surface area contributed by atoms with Crippen molar-refractivity contribution in [1.29, 1.82) is 0 Å². The number of fused-ring (bicyclic) bond motifs is 1. The van der Waals surface area contributed by atoms with Crippen LogP contribution in [0.4, 0.5) is 26.3 Å².